The smallest absolute Gasteiger partial charge is 0.146 e. The summed E-state index contributed by atoms with van der Waals surface area (Å²) < 4.78 is 13.6. The molecule has 0 saturated carbocycles. The quantitative estimate of drug-likeness (QED) is 0.719. The second-order valence-corrected chi connectivity index (χ2v) is 4.93. The minimum Gasteiger partial charge on any atom is -0.373 e. The molecule has 15 heavy (non-hydrogen) atoms. The van der Waals surface area contributed by atoms with Crippen molar-refractivity contribution in [2.24, 2.45) is 0 Å². The molecule has 0 saturated heterocycles. The second kappa shape index (κ2) is 4.21. The molecule has 0 aromatic heterocycles. The van der Waals surface area contributed by atoms with Gasteiger partial charge in [-0.25, -0.2) is 4.39 Å². The molecule has 0 heterocycles. The normalized spacial score (nSPS) is 11.6. The van der Waals surface area contributed by atoms with Crippen molar-refractivity contribution in [1.29, 1.82) is 0 Å². The highest BCUT2D eigenvalue weighted by molar-refractivity contribution is 5.50. The van der Waals surface area contributed by atoms with Crippen molar-refractivity contribution in [3.05, 3.63) is 29.6 Å². The maximum absolute atomic E-state index is 13.6. The highest BCUT2D eigenvalue weighted by Gasteiger charge is 2.16. The lowest BCUT2D eigenvalue weighted by atomic mass is 9.87. The van der Waals surface area contributed by atoms with Crippen LogP contribution in [0.5, 0.6) is 0 Å². The summed E-state index contributed by atoms with van der Waals surface area (Å²) in [5, 5.41) is 0. The molecule has 1 nitrogen and oxygen atoms in total. The Kier molecular flexibility index (Phi) is 3.38. The number of rotatable bonds is 2. The van der Waals surface area contributed by atoms with Gasteiger partial charge in [0.25, 0.3) is 0 Å². The van der Waals surface area contributed by atoms with Crippen LogP contribution in [0, 0.1) is 5.82 Å². The van der Waals surface area contributed by atoms with Gasteiger partial charge in [0.15, 0.2) is 0 Å². The van der Waals surface area contributed by atoms with E-state index in [4.69, 9.17) is 0 Å². The molecule has 1 aromatic rings. The van der Waals surface area contributed by atoms with Crippen molar-refractivity contribution in [3.8, 4) is 0 Å². The summed E-state index contributed by atoms with van der Waals surface area (Å²) in [5.74, 6) is -0.146. The van der Waals surface area contributed by atoms with Crippen LogP contribution < -0.4 is 4.90 Å². The van der Waals surface area contributed by atoms with Gasteiger partial charge in [-0.05, 0) is 30.0 Å². The van der Waals surface area contributed by atoms with Gasteiger partial charge in [-0.3, -0.25) is 0 Å². The van der Waals surface area contributed by atoms with Crippen LogP contribution in [-0.2, 0) is 5.41 Å². The summed E-state index contributed by atoms with van der Waals surface area (Å²) in [6.45, 7) is 9.23. The third-order valence-electron chi connectivity index (χ3n) is 2.70. The average molecular weight is 209 g/mol. The molecular weight excluding hydrogens is 189 g/mol. The van der Waals surface area contributed by atoms with Crippen molar-refractivity contribution in [1.82, 2.24) is 0 Å². The Labute approximate surface area is 91.9 Å². The van der Waals surface area contributed by atoms with E-state index in [9.17, 15) is 4.39 Å². The highest BCUT2D eigenvalue weighted by Crippen LogP contribution is 2.27. The molecule has 84 valence electrons. The van der Waals surface area contributed by atoms with E-state index in [1.165, 1.54) is 5.56 Å². The zero-order chi connectivity index (χ0) is 11.6. The van der Waals surface area contributed by atoms with Crippen molar-refractivity contribution in [2.75, 3.05) is 18.5 Å². The van der Waals surface area contributed by atoms with Gasteiger partial charge >= 0.3 is 0 Å². The van der Waals surface area contributed by atoms with Crippen molar-refractivity contribution in [2.45, 2.75) is 33.1 Å². The minimum absolute atomic E-state index is 0.0665. The van der Waals surface area contributed by atoms with Gasteiger partial charge in [-0.2, -0.15) is 0 Å². The molecule has 0 aliphatic rings. The zero-order valence-corrected chi connectivity index (χ0v) is 10.3. The highest BCUT2D eigenvalue weighted by atomic mass is 19.1. The number of hydrogen-bond acceptors (Lipinski definition) is 1. The van der Waals surface area contributed by atoms with Crippen LogP contribution in [0.4, 0.5) is 10.1 Å². The monoisotopic (exact) mass is 209 g/mol. The molecule has 0 aliphatic heterocycles. The second-order valence-electron chi connectivity index (χ2n) is 4.93. The zero-order valence-electron chi connectivity index (χ0n) is 10.3. The van der Waals surface area contributed by atoms with Gasteiger partial charge < -0.3 is 4.90 Å². The predicted octanol–water partition coefficient (Wildman–Crippen LogP) is 3.58. The van der Waals surface area contributed by atoms with Crippen molar-refractivity contribution >= 4 is 5.69 Å². The van der Waals surface area contributed by atoms with E-state index in [1.807, 2.05) is 31.0 Å². The Balaban J connectivity index is 3.17. The number of hydrogen-bond donors (Lipinski definition) is 0. The molecule has 0 spiro atoms. The predicted molar refractivity (Wildman–Crippen MR) is 64.0 cm³/mol. The van der Waals surface area contributed by atoms with Gasteiger partial charge in [-0.1, -0.05) is 26.8 Å². The molecule has 0 bridgehead atoms. The molecule has 0 N–H and O–H groups in total. The molecule has 0 atom stereocenters. The summed E-state index contributed by atoms with van der Waals surface area (Å²) in [4.78, 5) is 1.92. The third-order valence-corrected chi connectivity index (χ3v) is 2.70. The van der Waals surface area contributed by atoms with Crippen LogP contribution in [0.3, 0.4) is 0 Å². The van der Waals surface area contributed by atoms with E-state index < -0.39 is 0 Å². The third kappa shape index (κ3) is 2.71. The Morgan fingerprint density at radius 3 is 2.33 bits per heavy atom. The number of benzene rings is 1. The number of nitrogens with zero attached hydrogens (tertiary/aromatic N) is 1. The van der Waals surface area contributed by atoms with E-state index >= 15 is 0 Å². The first-order valence-electron chi connectivity index (χ1n) is 5.37. The van der Waals surface area contributed by atoms with E-state index in [0.29, 0.717) is 5.69 Å². The van der Waals surface area contributed by atoms with E-state index in [0.717, 1.165) is 6.54 Å². The van der Waals surface area contributed by atoms with Gasteiger partial charge in [0, 0.05) is 13.6 Å². The standard InChI is InChI=1S/C13H20FN/c1-6-15(5)12-9-10(13(2,3)4)7-8-11(12)14/h7-9H,6H2,1-5H3. The fourth-order valence-corrected chi connectivity index (χ4v) is 1.44. The maximum Gasteiger partial charge on any atom is 0.146 e. The van der Waals surface area contributed by atoms with Crippen LogP contribution in [-0.4, -0.2) is 13.6 Å². The molecule has 0 fully saturated rings. The Hall–Kier alpha value is -1.05. The summed E-state index contributed by atoms with van der Waals surface area (Å²) in [7, 11) is 1.91. The topological polar surface area (TPSA) is 3.24 Å². The first-order valence-corrected chi connectivity index (χ1v) is 5.37. The average Bonchev–Trinajstić information content (AvgIpc) is 2.15. The number of anilines is 1. The summed E-state index contributed by atoms with van der Waals surface area (Å²) >= 11 is 0. The van der Waals surface area contributed by atoms with Crippen LogP contribution in [0.15, 0.2) is 18.2 Å². The lowest BCUT2D eigenvalue weighted by Gasteiger charge is -2.23. The Bertz CT molecular complexity index is 339. The fraction of sp³-hybridized carbons (Fsp3) is 0.538. The van der Waals surface area contributed by atoms with Gasteiger partial charge in [-0.15, -0.1) is 0 Å². The van der Waals surface area contributed by atoms with Crippen LogP contribution in [0.1, 0.15) is 33.3 Å². The molecular formula is C13H20FN. The van der Waals surface area contributed by atoms with E-state index in [-0.39, 0.29) is 11.2 Å². The summed E-state index contributed by atoms with van der Waals surface area (Å²) in [5.41, 5.74) is 1.92. The van der Waals surface area contributed by atoms with Crippen molar-refractivity contribution < 1.29 is 4.39 Å². The molecule has 0 unspecified atom stereocenters. The van der Waals surface area contributed by atoms with Crippen LogP contribution >= 0.6 is 0 Å². The molecule has 0 aliphatic carbocycles. The van der Waals surface area contributed by atoms with E-state index in [2.05, 4.69) is 20.8 Å². The van der Waals surface area contributed by atoms with Gasteiger partial charge in [0.2, 0.25) is 0 Å². The SMILES string of the molecule is CCN(C)c1cc(C(C)(C)C)ccc1F. The molecule has 2 heteroatoms. The summed E-state index contributed by atoms with van der Waals surface area (Å²) in [6.07, 6.45) is 0. The van der Waals surface area contributed by atoms with Crippen molar-refractivity contribution in [3.63, 3.8) is 0 Å². The maximum atomic E-state index is 13.6. The minimum atomic E-state index is -0.146. The van der Waals surface area contributed by atoms with Crippen LogP contribution in [0.2, 0.25) is 0 Å². The van der Waals surface area contributed by atoms with E-state index in [1.54, 1.807) is 6.07 Å². The molecule has 1 aromatic carbocycles. The molecule has 0 radical (unpaired) electrons. The first-order chi connectivity index (χ1) is 6.86. The Morgan fingerprint density at radius 1 is 1.27 bits per heavy atom. The fourth-order valence-electron chi connectivity index (χ4n) is 1.44. The van der Waals surface area contributed by atoms with Gasteiger partial charge in [0.1, 0.15) is 5.82 Å². The largest absolute Gasteiger partial charge is 0.373 e. The summed E-state index contributed by atoms with van der Waals surface area (Å²) in [6, 6.07) is 5.36. The Morgan fingerprint density at radius 2 is 1.87 bits per heavy atom. The van der Waals surface area contributed by atoms with Crippen LogP contribution in [0.25, 0.3) is 0 Å². The first kappa shape index (κ1) is 12.0. The van der Waals surface area contributed by atoms with Gasteiger partial charge in [0.05, 0.1) is 5.69 Å². The number of halogens is 1. The lowest BCUT2D eigenvalue weighted by Crippen LogP contribution is -2.19. The molecule has 1 rings (SSSR count). The molecule has 0 amide bonds. The lowest BCUT2D eigenvalue weighted by molar-refractivity contribution is 0.582.